The van der Waals surface area contributed by atoms with E-state index in [0.29, 0.717) is 16.9 Å². The van der Waals surface area contributed by atoms with E-state index in [0.717, 1.165) is 12.1 Å². The lowest BCUT2D eigenvalue weighted by molar-refractivity contribution is -0.137. The second kappa shape index (κ2) is 8.77. The van der Waals surface area contributed by atoms with Crippen molar-refractivity contribution < 1.29 is 27.5 Å². The average Bonchev–Trinajstić information content (AvgIpc) is 2.65. The Morgan fingerprint density at radius 3 is 2.21 bits per heavy atom. The summed E-state index contributed by atoms with van der Waals surface area (Å²) in [5.74, 6) is -0.149. The van der Waals surface area contributed by atoms with Crippen molar-refractivity contribution in [1.82, 2.24) is 9.80 Å². The minimum absolute atomic E-state index is 0.147. The first-order valence-electron chi connectivity index (χ1n) is 8.42. The first-order chi connectivity index (χ1) is 13.1. The molecule has 0 spiro atoms. The molecule has 5 nitrogen and oxygen atoms in total. The lowest BCUT2D eigenvalue weighted by atomic mass is 10.1. The number of benzene rings is 2. The molecule has 0 aliphatic rings. The number of amides is 2. The van der Waals surface area contributed by atoms with E-state index in [1.807, 2.05) is 0 Å². The van der Waals surface area contributed by atoms with Crippen molar-refractivity contribution in [1.29, 1.82) is 0 Å². The summed E-state index contributed by atoms with van der Waals surface area (Å²) in [6.07, 6.45) is -4.39. The highest BCUT2D eigenvalue weighted by molar-refractivity contribution is 5.94. The summed E-state index contributed by atoms with van der Waals surface area (Å²) in [4.78, 5) is 27.0. The molecule has 0 heterocycles. The van der Waals surface area contributed by atoms with E-state index in [1.165, 1.54) is 28.0 Å². The van der Waals surface area contributed by atoms with Crippen molar-refractivity contribution in [3.05, 3.63) is 65.2 Å². The van der Waals surface area contributed by atoms with E-state index in [4.69, 9.17) is 4.74 Å². The molecule has 0 saturated carbocycles. The maximum atomic E-state index is 12.6. The molecule has 0 bridgehead atoms. The van der Waals surface area contributed by atoms with Crippen LogP contribution in [-0.2, 0) is 17.5 Å². The fourth-order valence-electron chi connectivity index (χ4n) is 2.36. The molecule has 0 aromatic heterocycles. The molecular weight excluding hydrogens is 373 g/mol. The monoisotopic (exact) mass is 394 g/mol. The molecule has 0 aliphatic carbocycles. The van der Waals surface area contributed by atoms with Crippen LogP contribution in [0.2, 0.25) is 0 Å². The fraction of sp³-hybridized carbons (Fsp3) is 0.300. The number of alkyl halides is 3. The Morgan fingerprint density at radius 1 is 1.00 bits per heavy atom. The van der Waals surface area contributed by atoms with E-state index < -0.39 is 11.7 Å². The Morgan fingerprint density at radius 2 is 1.64 bits per heavy atom. The number of carbonyl (C=O) groups excluding carboxylic acids is 2. The third-order valence-electron chi connectivity index (χ3n) is 3.99. The van der Waals surface area contributed by atoms with Gasteiger partial charge in [0.1, 0.15) is 5.75 Å². The minimum Gasteiger partial charge on any atom is -0.484 e. The molecular formula is C20H21F3N2O3. The van der Waals surface area contributed by atoms with Crippen molar-refractivity contribution in [2.45, 2.75) is 12.7 Å². The Labute approximate surface area is 161 Å². The molecule has 28 heavy (non-hydrogen) atoms. The van der Waals surface area contributed by atoms with Crippen molar-refractivity contribution >= 4 is 11.8 Å². The van der Waals surface area contributed by atoms with Crippen LogP contribution in [0.15, 0.2) is 48.5 Å². The zero-order chi connectivity index (χ0) is 20.9. The van der Waals surface area contributed by atoms with Gasteiger partial charge in [0.25, 0.3) is 11.8 Å². The molecule has 150 valence electrons. The van der Waals surface area contributed by atoms with Crippen LogP contribution < -0.4 is 4.74 Å². The van der Waals surface area contributed by atoms with E-state index in [2.05, 4.69) is 0 Å². The highest BCUT2D eigenvalue weighted by atomic mass is 19.4. The third kappa shape index (κ3) is 5.73. The molecule has 0 N–H and O–H groups in total. The van der Waals surface area contributed by atoms with Gasteiger partial charge >= 0.3 is 6.18 Å². The van der Waals surface area contributed by atoms with Gasteiger partial charge in [0, 0.05) is 33.3 Å². The number of likely N-dealkylation sites (N-methyl/N-ethyl adjacent to an activating group) is 1. The van der Waals surface area contributed by atoms with Gasteiger partial charge in [-0.25, -0.2) is 0 Å². The van der Waals surface area contributed by atoms with Crippen LogP contribution in [0, 0.1) is 0 Å². The predicted octanol–water partition coefficient (Wildman–Crippen LogP) is 3.44. The second-order valence-corrected chi connectivity index (χ2v) is 6.46. The first kappa shape index (κ1) is 21.3. The van der Waals surface area contributed by atoms with Crippen molar-refractivity contribution in [3.8, 4) is 5.75 Å². The van der Waals surface area contributed by atoms with Crippen LogP contribution in [0.4, 0.5) is 13.2 Å². The molecule has 0 unspecified atom stereocenters. The van der Waals surface area contributed by atoms with Crippen LogP contribution in [0.1, 0.15) is 21.5 Å². The summed E-state index contributed by atoms with van der Waals surface area (Å²) in [7, 11) is 4.78. The van der Waals surface area contributed by atoms with E-state index in [1.54, 1.807) is 39.3 Å². The van der Waals surface area contributed by atoms with Crippen molar-refractivity contribution in [2.75, 3.05) is 27.7 Å². The van der Waals surface area contributed by atoms with Gasteiger partial charge in [0.15, 0.2) is 6.61 Å². The van der Waals surface area contributed by atoms with Crippen LogP contribution in [0.25, 0.3) is 0 Å². The van der Waals surface area contributed by atoms with E-state index >= 15 is 0 Å². The van der Waals surface area contributed by atoms with Crippen molar-refractivity contribution in [3.63, 3.8) is 0 Å². The predicted molar refractivity (Wildman–Crippen MR) is 97.9 cm³/mol. The summed E-state index contributed by atoms with van der Waals surface area (Å²) in [6.45, 7) is 0.00715. The van der Waals surface area contributed by atoms with Gasteiger partial charge in [0.2, 0.25) is 0 Å². The zero-order valence-corrected chi connectivity index (χ0v) is 15.8. The average molecular weight is 394 g/mol. The summed E-state index contributed by atoms with van der Waals surface area (Å²) in [5.41, 5.74) is 0.194. The van der Waals surface area contributed by atoms with Gasteiger partial charge in [0.05, 0.1) is 5.56 Å². The topological polar surface area (TPSA) is 49.9 Å². The van der Waals surface area contributed by atoms with Crippen molar-refractivity contribution in [2.24, 2.45) is 0 Å². The molecule has 2 amide bonds. The van der Waals surface area contributed by atoms with Crippen LogP contribution >= 0.6 is 0 Å². The largest absolute Gasteiger partial charge is 0.484 e. The summed E-state index contributed by atoms with van der Waals surface area (Å²) in [6, 6.07) is 11.1. The Bertz CT molecular complexity index is 833. The lowest BCUT2D eigenvalue weighted by Crippen LogP contribution is -2.28. The second-order valence-electron chi connectivity index (χ2n) is 6.46. The normalized spacial score (nSPS) is 11.1. The smallest absolute Gasteiger partial charge is 0.416 e. The number of nitrogens with zero attached hydrogens (tertiary/aromatic N) is 2. The van der Waals surface area contributed by atoms with Gasteiger partial charge < -0.3 is 14.5 Å². The molecule has 2 rings (SSSR count). The number of hydrogen-bond donors (Lipinski definition) is 0. The maximum absolute atomic E-state index is 12.6. The van der Waals surface area contributed by atoms with Crippen LogP contribution in [0.3, 0.4) is 0 Å². The third-order valence-corrected chi connectivity index (χ3v) is 3.99. The van der Waals surface area contributed by atoms with Crippen LogP contribution in [-0.4, -0.2) is 49.4 Å². The SMILES string of the molecule is CN(C)C(=O)COc1cccc(C(=O)N(C)Cc2ccc(C(F)(F)F)cc2)c1. The number of ether oxygens (including phenoxy) is 1. The zero-order valence-electron chi connectivity index (χ0n) is 15.8. The van der Waals surface area contributed by atoms with Gasteiger partial charge in [-0.05, 0) is 35.9 Å². The molecule has 0 fully saturated rings. The van der Waals surface area contributed by atoms with Crippen LogP contribution in [0.5, 0.6) is 5.75 Å². The van der Waals surface area contributed by atoms with Gasteiger partial charge in [-0.1, -0.05) is 18.2 Å². The highest BCUT2D eigenvalue weighted by Gasteiger charge is 2.30. The van der Waals surface area contributed by atoms with Gasteiger partial charge in [-0.3, -0.25) is 9.59 Å². The summed E-state index contributed by atoms with van der Waals surface area (Å²) in [5, 5.41) is 0. The minimum atomic E-state index is -4.39. The van der Waals surface area contributed by atoms with E-state index in [9.17, 15) is 22.8 Å². The molecule has 2 aromatic carbocycles. The molecule has 0 saturated heterocycles. The molecule has 0 radical (unpaired) electrons. The Hall–Kier alpha value is -3.03. The first-order valence-corrected chi connectivity index (χ1v) is 8.42. The van der Waals surface area contributed by atoms with Gasteiger partial charge in [-0.15, -0.1) is 0 Å². The number of rotatable bonds is 6. The lowest BCUT2D eigenvalue weighted by Gasteiger charge is -2.18. The van der Waals surface area contributed by atoms with Gasteiger partial charge in [-0.2, -0.15) is 13.2 Å². The molecule has 0 aliphatic heterocycles. The number of hydrogen-bond acceptors (Lipinski definition) is 3. The summed E-state index contributed by atoms with van der Waals surface area (Å²) >= 11 is 0. The van der Waals surface area contributed by atoms with E-state index in [-0.39, 0.29) is 25.0 Å². The Kier molecular flexibility index (Phi) is 6.66. The highest BCUT2D eigenvalue weighted by Crippen LogP contribution is 2.29. The summed E-state index contributed by atoms with van der Waals surface area (Å²) < 4.78 is 43.3. The Balaban J connectivity index is 2.02. The maximum Gasteiger partial charge on any atom is 0.416 e. The molecule has 2 aromatic rings. The quantitative estimate of drug-likeness (QED) is 0.754. The number of carbonyl (C=O) groups is 2. The fourth-order valence-corrected chi connectivity index (χ4v) is 2.36. The molecule has 0 atom stereocenters. The molecule has 8 heteroatoms. The standard InChI is InChI=1S/C20H21F3N2O3/c1-24(2)18(26)13-28-17-6-4-5-15(11-17)19(27)25(3)12-14-7-9-16(10-8-14)20(21,22)23/h4-11H,12-13H2,1-3H3. The number of halogens is 3.